The number of carbonyl (C=O) groups is 3. The first-order valence-electron chi connectivity index (χ1n) is 14.1. The van der Waals surface area contributed by atoms with E-state index in [1.807, 2.05) is 13.0 Å². The van der Waals surface area contributed by atoms with E-state index in [4.69, 9.17) is 22.8 Å². The third-order valence-corrected chi connectivity index (χ3v) is 7.28. The number of aromatic hydroxyl groups is 1. The molecule has 4 rings (SSSR count). The number of nitrogens with one attached hydrogen (secondary N) is 2. The summed E-state index contributed by atoms with van der Waals surface area (Å²) in [4.78, 5) is 43.3. The van der Waals surface area contributed by atoms with Gasteiger partial charge in [-0.2, -0.15) is 0 Å². The summed E-state index contributed by atoms with van der Waals surface area (Å²) in [6, 6.07) is 16.2. The van der Waals surface area contributed by atoms with Crippen LogP contribution in [-0.2, 0) is 20.7 Å². The van der Waals surface area contributed by atoms with E-state index in [1.54, 1.807) is 69.3 Å². The number of hydrogen-bond donors (Lipinski definition) is 3. The summed E-state index contributed by atoms with van der Waals surface area (Å²) in [7, 11) is 0. The Morgan fingerprint density at radius 3 is 2.35 bits per heavy atom. The van der Waals surface area contributed by atoms with E-state index in [1.165, 1.54) is 17.0 Å². The number of halogens is 1. The van der Waals surface area contributed by atoms with Crippen LogP contribution in [0.2, 0.25) is 5.02 Å². The quantitative estimate of drug-likeness (QED) is 0.255. The Labute approximate surface area is 257 Å². The number of anilines is 1. The predicted octanol–water partition coefficient (Wildman–Crippen LogP) is 6.14. The van der Waals surface area contributed by atoms with E-state index in [2.05, 4.69) is 16.6 Å². The molecule has 3 aromatic rings. The maximum atomic E-state index is 14.6. The topological polar surface area (TPSA) is 108 Å². The van der Waals surface area contributed by atoms with Crippen molar-refractivity contribution in [1.82, 2.24) is 10.2 Å². The van der Waals surface area contributed by atoms with Gasteiger partial charge >= 0.3 is 6.09 Å². The second-order valence-corrected chi connectivity index (χ2v) is 12.0. The molecular formula is C34H36ClN3O5. The van der Waals surface area contributed by atoms with Gasteiger partial charge in [-0.3, -0.25) is 9.59 Å². The lowest BCUT2D eigenvalue weighted by molar-refractivity contribution is -0.141. The second-order valence-electron chi connectivity index (χ2n) is 11.6. The molecule has 0 aromatic heterocycles. The monoisotopic (exact) mass is 601 g/mol. The van der Waals surface area contributed by atoms with Crippen LogP contribution in [0.3, 0.4) is 0 Å². The maximum absolute atomic E-state index is 14.6. The molecule has 3 amide bonds. The van der Waals surface area contributed by atoms with Gasteiger partial charge in [0.25, 0.3) is 5.91 Å². The number of alkyl carbamates (subject to hydrolysis) is 1. The van der Waals surface area contributed by atoms with Crippen molar-refractivity contribution in [2.75, 3.05) is 5.32 Å². The lowest BCUT2D eigenvalue weighted by Gasteiger charge is -2.35. The zero-order valence-corrected chi connectivity index (χ0v) is 25.4. The van der Waals surface area contributed by atoms with Crippen LogP contribution in [-0.4, -0.2) is 45.6 Å². The molecule has 0 radical (unpaired) electrons. The number of hydrogen-bond acceptors (Lipinski definition) is 5. The van der Waals surface area contributed by atoms with Crippen molar-refractivity contribution < 1.29 is 24.2 Å². The van der Waals surface area contributed by atoms with Gasteiger partial charge in [0.1, 0.15) is 23.4 Å². The van der Waals surface area contributed by atoms with Crippen LogP contribution in [0.4, 0.5) is 10.5 Å². The van der Waals surface area contributed by atoms with Crippen LogP contribution < -0.4 is 10.6 Å². The molecule has 1 fully saturated rings. The number of carbonyl (C=O) groups excluding carboxylic acids is 3. The fourth-order valence-corrected chi connectivity index (χ4v) is 5.10. The number of para-hydroxylation sites is 1. The highest BCUT2D eigenvalue weighted by atomic mass is 35.5. The second kappa shape index (κ2) is 13.2. The van der Waals surface area contributed by atoms with E-state index in [0.717, 1.165) is 5.56 Å². The average molecular weight is 602 g/mol. The van der Waals surface area contributed by atoms with Gasteiger partial charge in [0.2, 0.25) is 5.91 Å². The van der Waals surface area contributed by atoms with Crippen molar-refractivity contribution in [2.24, 2.45) is 0 Å². The van der Waals surface area contributed by atoms with Gasteiger partial charge in [0, 0.05) is 18.0 Å². The Morgan fingerprint density at radius 1 is 1.07 bits per heavy atom. The van der Waals surface area contributed by atoms with Crippen molar-refractivity contribution in [3.8, 4) is 18.1 Å². The van der Waals surface area contributed by atoms with Gasteiger partial charge in [-0.15, -0.1) is 6.42 Å². The first-order chi connectivity index (χ1) is 20.4. The molecule has 2 atom stereocenters. The Kier molecular flexibility index (Phi) is 9.67. The highest BCUT2D eigenvalue weighted by Crippen LogP contribution is 2.38. The van der Waals surface area contributed by atoms with E-state index in [0.29, 0.717) is 40.2 Å². The predicted molar refractivity (Wildman–Crippen MR) is 167 cm³/mol. The molecule has 43 heavy (non-hydrogen) atoms. The number of amides is 3. The standard InChI is InChI=1S/C34H36ClN3O5/c1-6-23-11-7-8-12-26(23)30(31(40)37-29-21(2)10-9-13-27(29)35)38(24-16-17-24)32(41)28(36-33(42)43-34(3,4)5)20-22-14-18-25(39)19-15-22/h1,7-15,18-19,24,28,30,39H,16-17,20H2,2-5H3,(H,36,42)(H,37,40). The minimum Gasteiger partial charge on any atom is -0.508 e. The van der Waals surface area contributed by atoms with Crippen molar-refractivity contribution in [3.63, 3.8) is 0 Å². The summed E-state index contributed by atoms with van der Waals surface area (Å²) in [5.74, 6) is 1.76. The van der Waals surface area contributed by atoms with Crippen LogP contribution in [0.15, 0.2) is 66.7 Å². The highest BCUT2D eigenvalue weighted by molar-refractivity contribution is 6.34. The Hall–Kier alpha value is -4.48. The van der Waals surface area contributed by atoms with Crippen LogP contribution in [0.25, 0.3) is 0 Å². The number of nitrogens with zero attached hydrogens (tertiary/aromatic N) is 1. The van der Waals surface area contributed by atoms with Gasteiger partial charge < -0.3 is 25.4 Å². The zero-order chi connectivity index (χ0) is 31.3. The summed E-state index contributed by atoms with van der Waals surface area (Å²) in [6.45, 7) is 7.02. The van der Waals surface area contributed by atoms with Crippen LogP contribution in [0, 0.1) is 19.3 Å². The van der Waals surface area contributed by atoms with E-state index in [9.17, 15) is 19.5 Å². The van der Waals surface area contributed by atoms with Crippen LogP contribution in [0.5, 0.6) is 5.75 Å². The molecular weight excluding hydrogens is 566 g/mol. The number of aryl methyl sites for hydroxylation is 1. The third-order valence-electron chi connectivity index (χ3n) is 6.97. The number of phenols is 1. The first-order valence-corrected chi connectivity index (χ1v) is 14.5. The molecule has 9 heteroatoms. The summed E-state index contributed by atoms with van der Waals surface area (Å²) in [5, 5.41) is 15.8. The molecule has 3 aromatic carbocycles. The molecule has 8 nitrogen and oxygen atoms in total. The van der Waals surface area contributed by atoms with E-state index < -0.39 is 35.6 Å². The van der Waals surface area contributed by atoms with E-state index >= 15 is 0 Å². The minimum absolute atomic E-state index is 0.0730. The molecule has 0 bridgehead atoms. The molecule has 0 heterocycles. The molecule has 0 saturated heterocycles. The molecule has 1 saturated carbocycles. The van der Waals surface area contributed by atoms with Gasteiger partial charge in [-0.1, -0.05) is 60.0 Å². The average Bonchev–Trinajstić information content (AvgIpc) is 3.78. The summed E-state index contributed by atoms with van der Waals surface area (Å²) < 4.78 is 5.48. The number of phenolic OH excluding ortho intramolecular Hbond substituents is 1. The smallest absolute Gasteiger partial charge is 0.408 e. The maximum Gasteiger partial charge on any atom is 0.408 e. The lowest BCUT2D eigenvalue weighted by atomic mass is 9.96. The Morgan fingerprint density at radius 2 is 1.74 bits per heavy atom. The van der Waals surface area contributed by atoms with Crippen LogP contribution >= 0.6 is 11.6 Å². The SMILES string of the molecule is C#Cc1ccccc1C(C(=O)Nc1c(C)cccc1Cl)N(C(=O)C(Cc1ccc(O)cc1)NC(=O)OC(C)(C)C)C1CC1. The number of terminal acetylenes is 1. The Bertz CT molecular complexity index is 1520. The minimum atomic E-state index is -1.12. The molecule has 0 aliphatic heterocycles. The largest absolute Gasteiger partial charge is 0.508 e. The Balaban J connectivity index is 1.78. The van der Waals surface area contributed by atoms with Crippen LogP contribution in [0.1, 0.15) is 61.9 Å². The van der Waals surface area contributed by atoms with Crippen molar-refractivity contribution in [3.05, 3.63) is 94.0 Å². The summed E-state index contributed by atoms with van der Waals surface area (Å²) in [5.41, 5.74) is 2.03. The molecule has 1 aliphatic rings. The summed E-state index contributed by atoms with van der Waals surface area (Å²) >= 11 is 6.45. The molecule has 2 unspecified atom stereocenters. The number of benzene rings is 3. The molecule has 224 valence electrons. The number of rotatable bonds is 9. The first kappa shape index (κ1) is 31.5. The summed E-state index contributed by atoms with van der Waals surface area (Å²) in [6.07, 6.45) is 6.54. The fraction of sp³-hybridized carbons (Fsp3) is 0.324. The zero-order valence-electron chi connectivity index (χ0n) is 24.7. The highest BCUT2D eigenvalue weighted by Gasteiger charge is 2.45. The lowest BCUT2D eigenvalue weighted by Crippen LogP contribution is -2.54. The third kappa shape index (κ3) is 8.08. The van der Waals surface area contributed by atoms with Gasteiger partial charge in [-0.25, -0.2) is 4.79 Å². The fourth-order valence-electron chi connectivity index (χ4n) is 4.83. The van der Waals surface area contributed by atoms with Gasteiger partial charge in [0.15, 0.2) is 0 Å². The van der Waals surface area contributed by atoms with E-state index in [-0.39, 0.29) is 18.2 Å². The molecule has 1 aliphatic carbocycles. The normalized spacial score (nSPS) is 14.1. The van der Waals surface area contributed by atoms with Gasteiger partial charge in [-0.05, 0) is 81.5 Å². The molecule has 3 N–H and O–H groups in total. The van der Waals surface area contributed by atoms with Crippen molar-refractivity contribution >= 4 is 35.2 Å². The molecule has 0 spiro atoms. The number of ether oxygens (including phenoxy) is 1. The van der Waals surface area contributed by atoms with Crippen molar-refractivity contribution in [1.29, 1.82) is 0 Å². The van der Waals surface area contributed by atoms with Crippen molar-refractivity contribution in [2.45, 2.75) is 70.7 Å². The van der Waals surface area contributed by atoms with Gasteiger partial charge in [0.05, 0.1) is 10.7 Å².